The smallest absolute Gasteiger partial charge is 0.245 e. The lowest BCUT2D eigenvalue weighted by Crippen LogP contribution is -2.41. The summed E-state index contributed by atoms with van der Waals surface area (Å²) in [7, 11) is -3.45. The summed E-state index contributed by atoms with van der Waals surface area (Å²) in [4.78, 5) is 14.3. The van der Waals surface area contributed by atoms with Crippen molar-refractivity contribution in [1.82, 2.24) is 0 Å². The molecule has 1 atom stereocenters. The Balaban J connectivity index is 2.38. The van der Waals surface area contributed by atoms with E-state index in [2.05, 4.69) is 0 Å². The SMILES string of the molecule is Cc1ccc(N(Cc2ccccc2)C(=O)C(C)S(C)(=O)=O)cc1. The van der Waals surface area contributed by atoms with Gasteiger partial charge in [-0.25, -0.2) is 8.42 Å². The minimum Gasteiger partial charge on any atom is -0.307 e. The van der Waals surface area contributed by atoms with E-state index in [1.54, 1.807) is 0 Å². The molecule has 0 heterocycles. The van der Waals surface area contributed by atoms with E-state index in [1.165, 1.54) is 11.8 Å². The van der Waals surface area contributed by atoms with Crippen molar-refractivity contribution >= 4 is 21.4 Å². The van der Waals surface area contributed by atoms with Crippen molar-refractivity contribution in [3.8, 4) is 0 Å². The van der Waals surface area contributed by atoms with Gasteiger partial charge in [-0.05, 0) is 31.5 Å². The minimum absolute atomic E-state index is 0.336. The van der Waals surface area contributed by atoms with Gasteiger partial charge in [0.15, 0.2) is 9.84 Å². The fourth-order valence-corrected chi connectivity index (χ4v) is 2.68. The summed E-state index contributed by atoms with van der Waals surface area (Å²) >= 11 is 0. The van der Waals surface area contributed by atoms with Crippen molar-refractivity contribution < 1.29 is 13.2 Å². The normalized spacial score (nSPS) is 12.7. The van der Waals surface area contributed by atoms with E-state index >= 15 is 0 Å². The van der Waals surface area contributed by atoms with Crippen molar-refractivity contribution in [2.75, 3.05) is 11.2 Å². The van der Waals surface area contributed by atoms with Gasteiger partial charge in [-0.15, -0.1) is 0 Å². The summed E-state index contributed by atoms with van der Waals surface area (Å²) in [5, 5.41) is -1.08. The number of rotatable bonds is 5. The predicted octanol–water partition coefficient (Wildman–Crippen LogP) is 2.96. The molecular formula is C18H21NO3S. The molecule has 0 saturated heterocycles. The van der Waals surface area contributed by atoms with Crippen LogP contribution in [0.5, 0.6) is 0 Å². The van der Waals surface area contributed by atoms with Gasteiger partial charge in [0.2, 0.25) is 5.91 Å². The summed E-state index contributed by atoms with van der Waals surface area (Å²) in [6.45, 7) is 3.73. The number of nitrogens with zero attached hydrogens (tertiary/aromatic N) is 1. The van der Waals surface area contributed by atoms with Gasteiger partial charge in [0.25, 0.3) is 0 Å². The van der Waals surface area contributed by atoms with Gasteiger partial charge in [-0.2, -0.15) is 0 Å². The first-order valence-electron chi connectivity index (χ1n) is 7.40. The summed E-state index contributed by atoms with van der Waals surface area (Å²) in [6.07, 6.45) is 1.09. The van der Waals surface area contributed by atoms with E-state index in [4.69, 9.17) is 0 Å². The topological polar surface area (TPSA) is 54.5 Å². The van der Waals surface area contributed by atoms with Gasteiger partial charge in [-0.1, -0.05) is 48.0 Å². The molecule has 5 heteroatoms. The molecule has 0 radical (unpaired) electrons. The van der Waals surface area contributed by atoms with Gasteiger partial charge in [0.05, 0.1) is 6.54 Å². The molecule has 0 bridgehead atoms. The molecule has 0 aliphatic rings. The van der Waals surface area contributed by atoms with Crippen LogP contribution in [0.3, 0.4) is 0 Å². The van der Waals surface area contributed by atoms with Crippen LogP contribution < -0.4 is 4.90 Å². The highest BCUT2D eigenvalue weighted by Crippen LogP contribution is 2.20. The van der Waals surface area contributed by atoms with Crippen LogP contribution in [0.2, 0.25) is 0 Å². The molecule has 0 fully saturated rings. The Morgan fingerprint density at radius 1 is 1.04 bits per heavy atom. The number of hydrogen-bond donors (Lipinski definition) is 0. The Bertz CT molecular complexity index is 768. The second kappa shape index (κ2) is 6.96. The van der Waals surface area contributed by atoms with Gasteiger partial charge in [0.1, 0.15) is 5.25 Å². The van der Waals surface area contributed by atoms with Crippen molar-refractivity contribution in [1.29, 1.82) is 0 Å². The van der Waals surface area contributed by atoms with Crippen LogP contribution in [-0.2, 0) is 21.2 Å². The van der Waals surface area contributed by atoms with E-state index in [0.717, 1.165) is 17.4 Å². The number of aryl methyl sites for hydroxylation is 1. The standard InChI is InChI=1S/C18H21NO3S/c1-14-9-11-17(12-10-14)19(13-16-7-5-4-6-8-16)18(20)15(2)23(3,21)22/h4-12,15H,13H2,1-3H3. The first kappa shape index (κ1) is 17.2. The molecule has 4 nitrogen and oxygen atoms in total. The maximum absolute atomic E-state index is 12.7. The Kier molecular flexibility index (Phi) is 5.21. The highest BCUT2D eigenvalue weighted by Gasteiger charge is 2.29. The number of carbonyl (C=O) groups excluding carboxylic acids is 1. The maximum Gasteiger partial charge on any atom is 0.245 e. The first-order chi connectivity index (χ1) is 10.8. The second-order valence-corrected chi connectivity index (χ2v) is 8.08. The first-order valence-corrected chi connectivity index (χ1v) is 9.35. The quantitative estimate of drug-likeness (QED) is 0.846. The Hall–Kier alpha value is -2.14. The van der Waals surface area contributed by atoms with Crippen LogP contribution in [-0.4, -0.2) is 25.8 Å². The monoisotopic (exact) mass is 331 g/mol. The average molecular weight is 331 g/mol. The van der Waals surface area contributed by atoms with Gasteiger partial charge in [-0.3, -0.25) is 4.79 Å². The Labute approximate surface area is 137 Å². The third-order valence-electron chi connectivity index (χ3n) is 3.79. The van der Waals surface area contributed by atoms with E-state index in [9.17, 15) is 13.2 Å². The summed E-state index contributed by atoms with van der Waals surface area (Å²) in [5.41, 5.74) is 2.72. The van der Waals surface area contributed by atoms with Crippen LogP contribution in [0.4, 0.5) is 5.69 Å². The lowest BCUT2D eigenvalue weighted by molar-refractivity contribution is -0.118. The largest absolute Gasteiger partial charge is 0.307 e. The van der Waals surface area contributed by atoms with Crippen molar-refractivity contribution in [3.05, 3.63) is 65.7 Å². The zero-order valence-corrected chi connectivity index (χ0v) is 14.4. The zero-order chi connectivity index (χ0) is 17.0. The molecule has 2 aromatic rings. The van der Waals surface area contributed by atoms with E-state index in [1.807, 2.05) is 61.5 Å². The molecule has 2 rings (SSSR count). The van der Waals surface area contributed by atoms with Crippen LogP contribution in [0.1, 0.15) is 18.1 Å². The number of amides is 1. The number of sulfone groups is 1. The van der Waals surface area contributed by atoms with Crippen LogP contribution >= 0.6 is 0 Å². The fraction of sp³-hybridized carbons (Fsp3) is 0.278. The number of benzene rings is 2. The van der Waals surface area contributed by atoms with Crippen LogP contribution in [0.25, 0.3) is 0 Å². The summed E-state index contributed by atoms with van der Waals surface area (Å²) < 4.78 is 23.5. The lowest BCUT2D eigenvalue weighted by atomic mass is 10.1. The molecule has 2 aromatic carbocycles. The third kappa shape index (κ3) is 4.42. The molecule has 0 aromatic heterocycles. The molecule has 0 aliphatic heterocycles. The van der Waals surface area contributed by atoms with Crippen molar-refractivity contribution in [2.24, 2.45) is 0 Å². The summed E-state index contributed by atoms with van der Waals surface area (Å²) in [6, 6.07) is 17.0. The maximum atomic E-state index is 12.7. The number of anilines is 1. The minimum atomic E-state index is -3.45. The number of hydrogen-bond acceptors (Lipinski definition) is 3. The third-order valence-corrected chi connectivity index (χ3v) is 5.27. The molecule has 0 aliphatic carbocycles. The van der Waals surface area contributed by atoms with E-state index in [-0.39, 0.29) is 0 Å². The summed E-state index contributed by atoms with van der Waals surface area (Å²) in [5.74, 6) is -0.416. The van der Waals surface area contributed by atoms with Crippen LogP contribution in [0.15, 0.2) is 54.6 Å². The second-order valence-electron chi connectivity index (χ2n) is 5.72. The van der Waals surface area contributed by atoms with E-state index < -0.39 is 21.0 Å². The molecule has 0 N–H and O–H groups in total. The van der Waals surface area contributed by atoms with Crippen molar-refractivity contribution in [2.45, 2.75) is 25.6 Å². The highest BCUT2D eigenvalue weighted by atomic mass is 32.2. The molecule has 1 unspecified atom stereocenters. The Morgan fingerprint density at radius 2 is 1.61 bits per heavy atom. The molecule has 0 spiro atoms. The average Bonchev–Trinajstić information content (AvgIpc) is 2.52. The molecule has 0 saturated carbocycles. The lowest BCUT2D eigenvalue weighted by Gasteiger charge is -2.25. The predicted molar refractivity (Wildman–Crippen MR) is 93.1 cm³/mol. The van der Waals surface area contributed by atoms with E-state index in [0.29, 0.717) is 12.2 Å². The fourth-order valence-electron chi connectivity index (χ4n) is 2.19. The molecule has 23 heavy (non-hydrogen) atoms. The molecular weight excluding hydrogens is 310 g/mol. The highest BCUT2D eigenvalue weighted by molar-refractivity contribution is 7.92. The van der Waals surface area contributed by atoms with Gasteiger partial charge < -0.3 is 4.90 Å². The Morgan fingerprint density at radius 3 is 2.13 bits per heavy atom. The molecule has 1 amide bonds. The van der Waals surface area contributed by atoms with Crippen molar-refractivity contribution in [3.63, 3.8) is 0 Å². The van der Waals surface area contributed by atoms with Crippen LogP contribution in [0, 0.1) is 6.92 Å². The zero-order valence-electron chi connectivity index (χ0n) is 13.6. The van der Waals surface area contributed by atoms with Gasteiger partial charge in [0, 0.05) is 11.9 Å². The molecule has 122 valence electrons. The number of carbonyl (C=O) groups is 1. The van der Waals surface area contributed by atoms with Gasteiger partial charge >= 0.3 is 0 Å².